The van der Waals surface area contributed by atoms with Crippen LogP contribution in [0, 0.1) is 7.43 Å². The third kappa shape index (κ3) is 7.56. The Morgan fingerprint density at radius 1 is 1.17 bits per heavy atom. The van der Waals surface area contributed by atoms with Crippen LogP contribution in [0.4, 0.5) is 0 Å². The van der Waals surface area contributed by atoms with E-state index in [0.29, 0.717) is 28.5 Å². The standard InChI is InChI=1S/C13H16Cl2N2O2S.CH3.ClH.Ru/c14-10-4-3-5-11(15)9(10)8-20(18,19)17-13-7-2-1-6-12(13)16;;;/h3-5,12-13,16H,1-2,6-8H2;1H3;1H;/q-2;-1;;+4/p-1. The van der Waals surface area contributed by atoms with Crippen LogP contribution in [0.3, 0.4) is 0 Å². The molecule has 1 aromatic rings. The summed E-state index contributed by atoms with van der Waals surface area (Å²) in [6.07, 6.45) is 3.25. The maximum Gasteiger partial charge on any atom is 0.0766 e. The molecule has 0 radical (unpaired) electrons. The zero-order valence-electron chi connectivity index (χ0n) is 12.6. The summed E-state index contributed by atoms with van der Waals surface area (Å²) < 4.78 is 28.2. The topological polar surface area (TPSA) is 72.0 Å². The van der Waals surface area contributed by atoms with Crippen molar-refractivity contribution in [3.8, 4) is 0 Å². The van der Waals surface area contributed by atoms with Gasteiger partial charge in [-0.05, 0) is 12.1 Å². The molecule has 0 heterocycles. The summed E-state index contributed by atoms with van der Waals surface area (Å²) in [4.78, 5) is 0. The molecule has 2 atom stereocenters. The van der Waals surface area contributed by atoms with Crippen LogP contribution in [0.1, 0.15) is 31.2 Å². The molecule has 1 saturated carbocycles. The molecule has 4 nitrogen and oxygen atoms in total. The van der Waals surface area contributed by atoms with Crippen molar-refractivity contribution in [2.24, 2.45) is 0 Å². The van der Waals surface area contributed by atoms with E-state index in [1.54, 1.807) is 18.2 Å². The van der Waals surface area contributed by atoms with Gasteiger partial charge in [-0.15, -0.1) is 6.04 Å². The van der Waals surface area contributed by atoms with Crippen LogP contribution in [0.25, 0.3) is 10.5 Å². The number of nitrogens with zero attached hydrogens (tertiary/aromatic N) is 1. The van der Waals surface area contributed by atoms with E-state index in [4.69, 9.17) is 28.9 Å². The first kappa shape index (κ1) is 23.6. The van der Waals surface area contributed by atoms with E-state index < -0.39 is 22.1 Å². The fraction of sp³-hybridized carbons (Fsp3) is 0.500. The molecule has 0 spiro atoms. The zero-order valence-corrected chi connectivity index (χ0v) is 17.4. The average Bonchev–Trinajstić information content (AvgIpc) is 2.48. The average molecular weight is 487 g/mol. The molecular weight excluding hydrogens is 468 g/mol. The van der Waals surface area contributed by atoms with Crippen molar-refractivity contribution >= 4 is 42.9 Å². The first-order valence-electron chi connectivity index (χ1n) is 6.61. The van der Waals surface area contributed by atoms with Crippen LogP contribution in [0.2, 0.25) is 10.0 Å². The van der Waals surface area contributed by atoms with Gasteiger partial charge in [0.15, 0.2) is 0 Å². The quantitative estimate of drug-likeness (QED) is 0.404. The number of benzene rings is 1. The minimum Gasteiger partial charge on any atom is -0.676 e. The molecule has 132 valence electrons. The van der Waals surface area contributed by atoms with Crippen molar-refractivity contribution in [2.75, 3.05) is 0 Å². The predicted octanol–water partition coefficient (Wildman–Crippen LogP) is 5.70. The van der Waals surface area contributed by atoms with E-state index in [0.717, 1.165) is 12.8 Å². The summed E-state index contributed by atoms with van der Waals surface area (Å²) in [5, 5.41) is 0.643. The van der Waals surface area contributed by atoms with Gasteiger partial charge in [0.25, 0.3) is 0 Å². The van der Waals surface area contributed by atoms with Gasteiger partial charge in [-0.2, -0.15) is 6.04 Å². The fourth-order valence-electron chi connectivity index (χ4n) is 2.33. The van der Waals surface area contributed by atoms with Crippen LogP contribution in [0.5, 0.6) is 0 Å². The molecule has 0 bridgehead atoms. The Kier molecular flexibility index (Phi) is 11.5. The first-order valence-corrected chi connectivity index (χ1v) is 11.2. The van der Waals surface area contributed by atoms with E-state index in [1.165, 1.54) is 0 Å². The fourth-order valence-corrected chi connectivity index (χ4v) is 4.44. The molecule has 0 aliphatic heterocycles. The molecule has 0 aromatic heterocycles. The van der Waals surface area contributed by atoms with E-state index in [1.807, 2.05) is 17.3 Å². The van der Waals surface area contributed by atoms with Gasteiger partial charge in [0.2, 0.25) is 0 Å². The number of hydrogen-bond donors (Lipinski definition) is 0. The molecule has 0 amide bonds. The number of halogens is 3. The largest absolute Gasteiger partial charge is 0.676 e. The summed E-state index contributed by atoms with van der Waals surface area (Å²) in [6.45, 7) is 0. The maximum atomic E-state index is 12.2. The van der Waals surface area contributed by atoms with Crippen LogP contribution in [-0.2, 0) is 33.1 Å². The van der Waals surface area contributed by atoms with Crippen LogP contribution >= 0.6 is 32.9 Å². The van der Waals surface area contributed by atoms with Crippen molar-refractivity contribution in [3.63, 3.8) is 0 Å². The predicted molar refractivity (Wildman–Crippen MR) is 95.1 cm³/mol. The second-order valence-corrected chi connectivity index (χ2v) is 7.47. The third-order valence-electron chi connectivity index (χ3n) is 3.41. The van der Waals surface area contributed by atoms with Crippen LogP contribution < -0.4 is 0 Å². The van der Waals surface area contributed by atoms with Crippen molar-refractivity contribution < 1.29 is 25.7 Å². The van der Waals surface area contributed by atoms with Crippen LogP contribution in [-0.4, -0.2) is 20.5 Å². The van der Waals surface area contributed by atoms with Gasteiger partial charge in [-0.25, -0.2) is 8.42 Å². The van der Waals surface area contributed by atoms with E-state index in [9.17, 15) is 8.42 Å². The van der Waals surface area contributed by atoms with Gasteiger partial charge in [-0.3, -0.25) is 0 Å². The van der Waals surface area contributed by atoms with Crippen molar-refractivity contribution in [1.82, 2.24) is 0 Å². The second-order valence-electron chi connectivity index (χ2n) is 4.99. The van der Waals surface area contributed by atoms with Gasteiger partial charge >= 0.3 is 27.0 Å². The monoisotopic (exact) mass is 486 g/mol. The Morgan fingerprint density at radius 2 is 1.70 bits per heavy atom. The number of sulfonamides is 1. The van der Waals surface area contributed by atoms with Crippen molar-refractivity contribution in [3.05, 3.63) is 51.7 Å². The SMILES string of the molecule is [CH3-].[Cl][Ru+3].[NH-]C1CCCCC1[N-]S(=O)(=O)Cc1c(Cl)cccc1Cl. The van der Waals surface area contributed by atoms with E-state index in [-0.39, 0.29) is 13.2 Å². The Hall–Kier alpha value is 0.583. The molecule has 23 heavy (non-hydrogen) atoms. The first-order chi connectivity index (χ1) is 10.4. The molecule has 1 aliphatic carbocycles. The zero-order chi connectivity index (χ0) is 16.8. The summed E-state index contributed by atoms with van der Waals surface area (Å²) in [7, 11) is 0.893. The van der Waals surface area contributed by atoms with Crippen molar-refractivity contribution in [1.29, 1.82) is 0 Å². The summed E-state index contributed by atoms with van der Waals surface area (Å²) >= 11 is 13.8. The molecule has 1 aliphatic rings. The molecule has 1 fully saturated rings. The summed E-state index contributed by atoms with van der Waals surface area (Å²) in [5.41, 5.74) is 8.24. The Balaban J connectivity index is 0.00000155. The second kappa shape index (κ2) is 11.2. The van der Waals surface area contributed by atoms with Gasteiger partial charge in [0.1, 0.15) is 0 Å². The van der Waals surface area contributed by atoms with Crippen molar-refractivity contribution in [2.45, 2.75) is 43.5 Å². The molecule has 2 unspecified atom stereocenters. The summed E-state index contributed by atoms with van der Waals surface area (Å²) in [6, 6.07) is 4.01. The third-order valence-corrected chi connectivity index (χ3v) is 5.37. The van der Waals surface area contributed by atoms with E-state index >= 15 is 0 Å². The number of hydrogen-bond acceptors (Lipinski definition) is 2. The van der Waals surface area contributed by atoms with Gasteiger partial charge in [0.05, 0.1) is 15.8 Å². The number of rotatable bonds is 4. The Labute approximate surface area is 163 Å². The van der Waals surface area contributed by atoms with Crippen LogP contribution in [0.15, 0.2) is 18.2 Å². The Bertz CT molecular complexity index is 567. The molecule has 9 heteroatoms. The van der Waals surface area contributed by atoms with E-state index in [2.05, 4.69) is 14.4 Å². The van der Waals surface area contributed by atoms with Gasteiger partial charge < -0.3 is 17.9 Å². The van der Waals surface area contributed by atoms with Gasteiger partial charge in [-0.1, -0.05) is 55.0 Å². The van der Waals surface area contributed by atoms with Gasteiger partial charge in [0, 0.05) is 15.6 Å². The molecule has 1 N–H and O–H groups in total. The minimum atomic E-state index is -3.68. The summed E-state index contributed by atoms with van der Waals surface area (Å²) in [5.74, 6) is -0.311. The molecular formula is C14H19Cl3N2O2RuS. The maximum absolute atomic E-state index is 12.2. The smallest absolute Gasteiger partial charge is 0.0766 e. The molecule has 1 aromatic carbocycles. The molecule has 2 rings (SSSR count). The Morgan fingerprint density at radius 3 is 2.22 bits per heavy atom. The minimum absolute atomic E-state index is 0. The normalized spacial score (nSPS) is 20.9. The number of nitrogens with one attached hydrogen (secondary N) is 1. The molecule has 0 saturated heterocycles.